The van der Waals surface area contributed by atoms with Gasteiger partial charge in [0, 0.05) is 18.7 Å². The Hall–Kier alpha value is -3.22. The molecule has 2 aromatic rings. The lowest BCUT2D eigenvalue weighted by Crippen LogP contribution is -2.38. The van der Waals surface area contributed by atoms with Gasteiger partial charge in [-0.05, 0) is 62.6 Å². The van der Waals surface area contributed by atoms with E-state index in [1.807, 2.05) is 45.0 Å². The molecule has 0 aromatic heterocycles. The van der Waals surface area contributed by atoms with E-state index >= 15 is 0 Å². The van der Waals surface area contributed by atoms with E-state index in [2.05, 4.69) is 21.7 Å². The van der Waals surface area contributed by atoms with E-state index in [1.54, 1.807) is 12.1 Å². The van der Waals surface area contributed by atoms with E-state index in [4.69, 9.17) is 15.2 Å². The summed E-state index contributed by atoms with van der Waals surface area (Å²) >= 11 is 0. The second kappa shape index (κ2) is 12.4. The number of hydrogen-bond acceptors (Lipinski definition) is 4. The molecule has 0 aliphatic carbocycles. The third-order valence-corrected chi connectivity index (χ3v) is 4.32. The fraction of sp³-hybridized carbons (Fsp3) is 0.391. The van der Waals surface area contributed by atoms with Crippen molar-refractivity contribution in [3.63, 3.8) is 0 Å². The Bertz CT molecular complexity index is 835. The molecule has 162 valence electrons. The summed E-state index contributed by atoms with van der Waals surface area (Å²) in [5, 5.41) is 6.60. The number of aliphatic imine (C=N–C) groups is 1. The first-order chi connectivity index (χ1) is 14.6. The second-order valence-electron chi connectivity index (χ2n) is 6.58. The number of carbonyl (C=O) groups excluding carboxylic acids is 1. The van der Waals surface area contributed by atoms with Crippen LogP contribution in [0.2, 0.25) is 0 Å². The molecule has 0 unspecified atom stereocenters. The number of nitrogens with two attached hydrogens (primary N) is 1. The molecule has 0 atom stereocenters. The molecule has 0 heterocycles. The van der Waals surface area contributed by atoms with Gasteiger partial charge in [-0.1, -0.05) is 18.2 Å². The van der Waals surface area contributed by atoms with Crippen LogP contribution < -0.4 is 25.8 Å². The van der Waals surface area contributed by atoms with Gasteiger partial charge in [0.2, 0.25) is 5.91 Å². The van der Waals surface area contributed by atoms with Gasteiger partial charge in [-0.2, -0.15) is 0 Å². The van der Waals surface area contributed by atoms with E-state index < -0.39 is 5.91 Å². The van der Waals surface area contributed by atoms with Gasteiger partial charge in [0.25, 0.3) is 0 Å². The van der Waals surface area contributed by atoms with Crippen LogP contribution in [-0.2, 0) is 13.0 Å². The Morgan fingerprint density at radius 3 is 2.23 bits per heavy atom. The van der Waals surface area contributed by atoms with E-state index in [-0.39, 0.29) is 0 Å². The van der Waals surface area contributed by atoms with Gasteiger partial charge in [-0.15, -0.1) is 0 Å². The molecular formula is C23H32N4O3. The van der Waals surface area contributed by atoms with Gasteiger partial charge < -0.3 is 25.8 Å². The lowest BCUT2D eigenvalue weighted by Gasteiger charge is -2.14. The number of hydrogen-bond donors (Lipinski definition) is 3. The van der Waals surface area contributed by atoms with E-state index in [1.165, 1.54) is 0 Å². The number of rotatable bonds is 11. The molecule has 0 spiro atoms. The Balaban J connectivity index is 1.94. The van der Waals surface area contributed by atoms with Crippen LogP contribution in [-0.4, -0.2) is 38.2 Å². The molecule has 4 N–H and O–H groups in total. The van der Waals surface area contributed by atoms with Crippen LogP contribution in [0.3, 0.4) is 0 Å². The quantitative estimate of drug-likeness (QED) is 0.389. The molecule has 0 aliphatic heterocycles. The summed E-state index contributed by atoms with van der Waals surface area (Å²) in [5.41, 5.74) is 7.94. The predicted octanol–water partition coefficient (Wildman–Crippen LogP) is 2.88. The van der Waals surface area contributed by atoms with Crippen molar-refractivity contribution in [1.82, 2.24) is 10.6 Å². The number of nitrogens with one attached hydrogen (secondary N) is 2. The minimum atomic E-state index is -0.429. The average molecular weight is 413 g/mol. The van der Waals surface area contributed by atoms with Gasteiger partial charge >= 0.3 is 0 Å². The lowest BCUT2D eigenvalue weighted by atomic mass is 10.1. The number of ether oxygens (including phenoxy) is 2. The summed E-state index contributed by atoms with van der Waals surface area (Å²) in [4.78, 5) is 15.8. The van der Waals surface area contributed by atoms with Gasteiger partial charge in [0.05, 0.1) is 19.8 Å². The fourth-order valence-corrected chi connectivity index (χ4v) is 2.86. The third kappa shape index (κ3) is 7.31. The van der Waals surface area contributed by atoms with Gasteiger partial charge in [-0.3, -0.25) is 4.79 Å². The molecule has 7 nitrogen and oxygen atoms in total. The number of carbonyl (C=O) groups is 1. The van der Waals surface area contributed by atoms with Crippen molar-refractivity contribution in [1.29, 1.82) is 0 Å². The Kier molecular flexibility index (Phi) is 9.51. The number of benzene rings is 2. The minimum absolute atomic E-state index is 0.429. The number of amides is 1. The van der Waals surface area contributed by atoms with Gasteiger partial charge in [-0.25, -0.2) is 4.99 Å². The smallest absolute Gasteiger partial charge is 0.248 e. The normalized spacial score (nSPS) is 11.1. The molecule has 7 heteroatoms. The van der Waals surface area contributed by atoms with Gasteiger partial charge in [0.1, 0.15) is 0 Å². The summed E-state index contributed by atoms with van der Waals surface area (Å²) in [6.45, 7) is 9.15. The van der Waals surface area contributed by atoms with E-state index in [0.29, 0.717) is 25.3 Å². The van der Waals surface area contributed by atoms with Gasteiger partial charge in [0.15, 0.2) is 17.5 Å². The lowest BCUT2D eigenvalue weighted by molar-refractivity contribution is 0.100. The monoisotopic (exact) mass is 412 g/mol. The van der Waals surface area contributed by atoms with Crippen molar-refractivity contribution in [2.75, 3.05) is 26.3 Å². The number of guanidine groups is 1. The van der Waals surface area contributed by atoms with Crippen molar-refractivity contribution in [2.45, 2.75) is 33.7 Å². The highest BCUT2D eigenvalue weighted by Gasteiger charge is 2.07. The molecule has 2 aromatic carbocycles. The molecular weight excluding hydrogens is 380 g/mol. The van der Waals surface area contributed by atoms with Crippen molar-refractivity contribution in [2.24, 2.45) is 10.7 Å². The molecule has 0 saturated carbocycles. The average Bonchev–Trinajstić information content (AvgIpc) is 2.74. The second-order valence-corrected chi connectivity index (χ2v) is 6.58. The van der Waals surface area contributed by atoms with Crippen LogP contribution in [0.25, 0.3) is 0 Å². The standard InChI is InChI=1S/C23H32N4O3/c1-4-25-23(27-16-18-7-10-19(11-8-18)22(24)28)26-14-13-17-9-12-20(29-5-2)21(15-17)30-6-3/h7-12,15H,4-6,13-14,16H2,1-3H3,(H2,24,28)(H2,25,26,27). The van der Waals surface area contributed by atoms with E-state index in [9.17, 15) is 4.79 Å². The summed E-state index contributed by atoms with van der Waals surface area (Å²) < 4.78 is 11.3. The summed E-state index contributed by atoms with van der Waals surface area (Å²) in [6.07, 6.45) is 0.824. The maximum atomic E-state index is 11.2. The molecule has 0 radical (unpaired) electrons. The third-order valence-electron chi connectivity index (χ3n) is 4.32. The summed E-state index contributed by atoms with van der Waals surface area (Å²) in [7, 11) is 0. The highest BCUT2D eigenvalue weighted by molar-refractivity contribution is 5.92. The highest BCUT2D eigenvalue weighted by atomic mass is 16.5. The maximum Gasteiger partial charge on any atom is 0.248 e. The topological polar surface area (TPSA) is 98.0 Å². The zero-order chi connectivity index (χ0) is 21.8. The van der Waals surface area contributed by atoms with Crippen LogP contribution in [0.15, 0.2) is 47.5 Å². The van der Waals surface area contributed by atoms with Crippen LogP contribution in [0.4, 0.5) is 0 Å². The highest BCUT2D eigenvalue weighted by Crippen LogP contribution is 2.28. The summed E-state index contributed by atoms with van der Waals surface area (Å²) in [6, 6.07) is 13.2. The van der Waals surface area contributed by atoms with Crippen LogP contribution in [0, 0.1) is 0 Å². The van der Waals surface area contributed by atoms with Crippen molar-refractivity contribution in [3.05, 3.63) is 59.2 Å². The first-order valence-electron chi connectivity index (χ1n) is 10.4. The van der Waals surface area contributed by atoms with Crippen LogP contribution in [0.5, 0.6) is 11.5 Å². The fourth-order valence-electron chi connectivity index (χ4n) is 2.86. The SMILES string of the molecule is CCNC(=NCc1ccc(C(N)=O)cc1)NCCc1ccc(OCC)c(OCC)c1. The summed E-state index contributed by atoms with van der Waals surface area (Å²) in [5.74, 6) is 1.86. The maximum absolute atomic E-state index is 11.2. The molecule has 0 aliphatic rings. The largest absolute Gasteiger partial charge is 0.490 e. The van der Waals surface area contributed by atoms with Crippen LogP contribution in [0.1, 0.15) is 42.3 Å². The van der Waals surface area contributed by atoms with E-state index in [0.717, 1.165) is 48.1 Å². The zero-order valence-corrected chi connectivity index (χ0v) is 18.0. The Morgan fingerprint density at radius 2 is 1.60 bits per heavy atom. The van der Waals surface area contributed by atoms with Crippen LogP contribution >= 0.6 is 0 Å². The predicted molar refractivity (Wildman–Crippen MR) is 120 cm³/mol. The minimum Gasteiger partial charge on any atom is -0.490 e. The number of primary amides is 1. The molecule has 1 amide bonds. The first kappa shape index (κ1) is 23.1. The Morgan fingerprint density at radius 1 is 0.933 bits per heavy atom. The molecule has 0 bridgehead atoms. The molecule has 0 saturated heterocycles. The van der Waals surface area contributed by atoms with Crippen molar-refractivity contribution < 1.29 is 14.3 Å². The molecule has 0 fully saturated rings. The molecule has 30 heavy (non-hydrogen) atoms. The van der Waals surface area contributed by atoms with Crippen molar-refractivity contribution in [3.8, 4) is 11.5 Å². The molecule has 2 rings (SSSR count). The zero-order valence-electron chi connectivity index (χ0n) is 18.0. The number of nitrogens with zero attached hydrogens (tertiary/aromatic N) is 1. The van der Waals surface area contributed by atoms with Crippen molar-refractivity contribution >= 4 is 11.9 Å². The Labute approximate surface area is 178 Å². The first-order valence-corrected chi connectivity index (χ1v) is 10.4.